The Morgan fingerprint density at radius 1 is 1.23 bits per heavy atom. The van der Waals surface area contributed by atoms with E-state index in [1.54, 1.807) is 6.07 Å². The maximum absolute atomic E-state index is 12.4. The average molecular weight is 323 g/mol. The molecule has 0 bridgehead atoms. The minimum absolute atomic E-state index is 0.277. The first-order valence-corrected chi connectivity index (χ1v) is 8.90. The van der Waals surface area contributed by atoms with Gasteiger partial charge in [-0.2, -0.15) is 0 Å². The molecule has 0 unspecified atom stereocenters. The number of hydrogen-bond acceptors (Lipinski definition) is 5. The van der Waals surface area contributed by atoms with Crippen LogP contribution >= 0.6 is 0 Å². The van der Waals surface area contributed by atoms with Crippen LogP contribution < -0.4 is 14.9 Å². The first kappa shape index (κ1) is 15.1. The normalized spacial score (nSPS) is 22.8. The van der Waals surface area contributed by atoms with Crippen molar-refractivity contribution in [1.82, 2.24) is 9.62 Å². The van der Waals surface area contributed by atoms with Crippen LogP contribution in [0.4, 0.5) is 11.4 Å². The molecular weight excluding hydrogens is 302 g/mol. The van der Waals surface area contributed by atoms with Gasteiger partial charge in [0.1, 0.15) is 4.90 Å². The Hall–Kier alpha value is -1.80. The summed E-state index contributed by atoms with van der Waals surface area (Å²) in [6.07, 6.45) is 0. The number of fused-ring (bicyclic) bond motifs is 1. The van der Waals surface area contributed by atoms with Crippen LogP contribution in [0.5, 0.6) is 0 Å². The van der Waals surface area contributed by atoms with Crippen LogP contribution in [0.15, 0.2) is 28.1 Å². The molecule has 2 aliphatic rings. The Bertz CT molecular complexity index is 693. The van der Waals surface area contributed by atoms with E-state index in [9.17, 15) is 8.42 Å². The van der Waals surface area contributed by atoms with Crippen molar-refractivity contribution in [1.29, 1.82) is 0 Å². The van der Waals surface area contributed by atoms with Crippen LogP contribution in [0.25, 0.3) is 0 Å². The molecule has 0 atom stereocenters. The zero-order valence-electron chi connectivity index (χ0n) is 12.8. The molecule has 8 heteroatoms. The lowest BCUT2D eigenvalue weighted by molar-refractivity contribution is 0.313. The number of piperazine rings is 1. The number of nitrogens with zero attached hydrogens (tertiary/aromatic N) is 3. The fraction of sp³-hybridized carbons (Fsp3) is 0.500. The second-order valence-electron chi connectivity index (χ2n) is 5.52. The molecule has 1 fully saturated rings. The smallest absolute Gasteiger partial charge is 0.266 e. The van der Waals surface area contributed by atoms with Crippen molar-refractivity contribution in [3.05, 3.63) is 18.2 Å². The highest BCUT2D eigenvalue weighted by atomic mass is 32.2. The number of nitrogens with one attached hydrogen (secondary N) is 2. The minimum Gasteiger partial charge on any atom is -0.369 e. The van der Waals surface area contributed by atoms with E-state index in [0.717, 1.165) is 31.9 Å². The van der Waals surface area contributed by atoms with Crippen molar-refractivity contribution < 1.29 is 8.42 Å². The van der Waals surface area contributed by atoms with Gasteiger partial charge >= 0.3 is 0 Å². The first-order chi connectivity index (χ1) is 10.5. The Labute approximate surface area is 131 Å². The summed E-state index contributed by atoms with van der Waals surface area (Å²) < 4.78 is 27.2. The summed E-state index contributed by atoms with van der Waals surface area (Å²) in [6, 6.07) is 5.51. The Morgan fingerprint density at radius 3 is 2.64 bits per heavy atom. The lowest BCUT2D eigenvalue weighted by Crippen LogP contribution is -2.45. The van der Waals surface area contributed by atoms with Crippen LogP contribution in [0.1, 0.15) is 6.92 Å². The second-order valence-corrected chi connectivity index (χ2v) is 7.18. The van der Waals surface area contributed by atoms with Crippen LogP contribution in [0.3, 0.4) is 0 Å². The topological polar surface area (TPSA) is 77.0 Å². The van der Waals surface area contributed by atoms with Gasteiger partial charge in [-0.3, -0.25) is 4.99 Å². The van der Waals surface area contributed by atoms with Crippen molar-refractivity contribution in [3.63, 3.8) is 0 Å². The molecule has 3 rings (SSSR count). The van der Waals surface area contributed by atoms with E-state index < -0.39 is 10.0 Å². The molecule has 0 aromatic heterocycles. The summed E-state index contributed by atoms with van der Waals surface area (Å²) in [7, 11) is -1.47. The van der Waals surface area contributed by atoms with E-state index in [1.165, 1.54) is 0 Å². The van der Waals surface area contributed by atoms with Crippen molar-refractivity contribution in [2.24, 2.45) is 4.99 Å². The highest BCUT2D eigenvalue weighted by Crippen LogP contribution is 2.29. The van der Waals surface area contributed by atoms with E-state index in [0.29, 0.717) is 12.2 Å². The molecule has 1 saturated heterocycles. The summed E-state index contributed by atoms with van der Waals surface area (Å²) in [4.78, 5) is 8.85. The molecule has 120 valence electrons. The SMILES string of the molecule is CCN=C1Nc2ccc(N3CCN(C)CC3)cc2S(=O)(=O)N1. The monoisotopic (exact) mass is 323 g/mol. The summed E-state index contributed by atoms with van der Waals surface area (Å²) >= 11 is 0. The molecule has 22 heavy (non-hydrogen) atoms. The predicted octanol–water partition coefficient (Wildman–Crippen LogP) is 0.518. The Kier molecular flexibility index (Phi) is 3.96. The van der Waals surface area contributed by atoms with Gasteiger partial charge in [0.15, 0.2) is 0 Å². The predicted molar refractivity (Wildman–Crippen MR) is 88.1 cm³/mol. The third kappa shape index (κ3) is 2.89. The largest absolute Gasteiger partial charge is 0.369 e. The standard InChI is InChI=1S/C14H21N5O2S/c1-3-15-14-16-12-5-4-11(10-13(12)22(20,21)17-14)19-8-6-18(2)7-9-19/h4-5,10H,3,6-9H2,1-2H3,(H2,15,16,17). The van der Waals surface area contributed by atoms with E-state index in [1.807, 2.05) is 19.1 Å². The lowest BCUT2D eigenvalue weighted by Gasteiger charge is -2.34. The molecule has 0 saturated carbocycles. The van der Waals surface area contributed by atoms with Crippen LogP contribution in [0.2, 0.25) is 0 Å². The molecule has 0 spiro atoms. The average Bonchev–Trinajstić information content (AvgIpc) is 2.47. The number of likely N-dealkylation sites (N-methyl/N-ethyl adjacent to an activating group) is 1. The maximum atomic E-state index is 12.4. The van der Waals surface area contributed by atoms with Crippen LogP contribution in [0, 0.1) is 0 Å². The van der Waals surface area contributed by atoms with Gasteiger partial charge in [-0.05, 0) is 32.2 Å². The summed E-state index contributed by atoms with van der Waals surface area (Å²) in [5.74, 6) is 0.280. The third-order valence-corrected chi connectivity index (χ3v) is 5.30. The molecule has 2 N–H and O–H groups in total. The van der Waals surface area contributed by atoms with Gasteiger partial charge in [0.25, 0.3) is 10.0 Å². The fourth-order valence-electron chi connectivity index (χ4n) is 2.66. The van der Waals surface area contributed by atoms with Gasteiger partial charge in [-0.25, -0.2) is 13.1 Å². The van der Waals surface area contributed by atoms with E-state index in [4.69, 9.17) is 0 Å². The van der Waals surface area contributed by atoms with Gasteiger partial charge in [0.05, 0.1) is 5.69 Å². The molecule has 2 heterocycles. The summed E-state index contributed by atoms with van der Waals surface area (Å²) in [5, 5.41) is 3.02. The van der Waals surface area contributed by atoms with Crippen LogP contribution in [-0.2, 0) is 10.0 Å². The molecule has 2 aliphatic heterocycles. The summed E-state index contributed by atoms with van der Waals surface area (Å²) in [5.41, 5.74) is 1.51. The number of hydrogen-bond donors (Lipinski definition) is 2. The Morgan fingerprint density at radius 2 is 1.95 bits per heavy atom. The zero-order chi connectivity index (χ0) is 15.7. The van der Waals surface area contributed by atoms with Crippen molar-refractivity contribution in [3.8, 4) is 0 Å². The van der Waals surface area contributed by atoms with Crippen molar-refractivity contribution >= 4 is 27.4 Å². The zero-order valence-corrected chi connectivity index (χ0v) is 13.7. The quantitative estimate of drug-likeness (QED) is 0.830. The van der Waals surface area contributed by atoms with E-state index >= 15 is 0 Å². The number of aliphatic imine (C=N–C) groups is 1. The van der Waals surface area contributed by atoms with E-state index in [-0.39, 0.29) is 10.9 Å². The third-order valence-electron chi connectivity index (χ3n) is 3.92. The molecule has 0 amide bonds. The second kappa shape index (κ2) is 5.77. The van der Waals surface area contributed by atoms with Gasteiger partial charge < -0.3 is 15.1 Å². The Balaban J connectivity index is 1.92. The molecule has 1 aromatic carbocycles. The van der Waals surface area contributed by atoms with Crippen molar-refractivity contribution in [2.45, 2.75) is 11.8 Å². The molecule has 0 radical (unpaired) electrons. The summed E-state index contributed by atoms with van der Waals surface area (Å²) in [6.45, 7) is 6.13. The lowest BCUT2D eigenvalue weighted by atomic mass is 10.2. The number of benzene rings is 1. The minimum atomic E-state index is -3.57. The van der Waals surface area contributed by atoms with Gasteiger partial charge in [-0.15, -0.1) is 0 Å². The van der Waals surface area contributed by atoms with Gasteiger partial charge in [0.2, 0.25) is 5.96 Å². The molecule has 0 aliphatic carbocycles. The first-order valence-electron chi connectivity index (χ1n) is 7.41. The molecule has 7 nitrogen and oxygen atoms in total. The maximum Gasteiger partial charge on any atom is 0.266 e. The van der Waals surface area contributed by atoms with E-state index in [2.05, 4.69) is 31.9 Å². The van der Waals surface area contributed by atoms with Gasteiger partial charge in [0, 0.05) is 38.4 Å². The fourth-order valence-corrected chi connectivity index (χ4v) is 3.83. The number of sulfonamides is 1. The number of rotatable bonds is 2. The number of anilines is 2. The van der Waals surface area contributed by atoms with Crippen molar-refractivity contribution in [2.75, 3.05) is 50.0 Å². The van der Waals surface area contributed by atoms with Gasteiger partial charge in [-0.1, -0.05) is 0 Å². The van der Waals surface area contributed by atoms with Crippen LogP contribution in [-0.4, -0.2) is 59.0 Å². The highest BCUT2D eigenvalue weighted by Gasteiger charge is 2.27. The highest BCUT2D eigenvalue weighted by molar-refractivity contribution is 7.90. The molecular formula is C14H21N5O2S. The molecule has 1 aromatic rings. The number of guanidine groups is 1.